The summed E-state index contributed by atoms with van der Waals surface area (Å²) < 4.78 is 13.7. The van der Waals surface area contributed by atoms with Gasteiger partial charge >= 0.3 is 0 Å². The highest BCUT2D eigenvalue weighted by atomic mass is 19.1. The van der Waals surface area contributed by atoms with Gasteiger partial charge in [0.1, 0.15) is 5.82 Å². The number of anilines is 2. The van der Waals surface area contributed by atoms with Crippen molar-refractivity contribution in [3.63, 3.8) is 0 Å². The number of amides is 1. The lowest BCUT2D eigenvalue weighted by Crippen LogP contribution is -2.24. The summed E-state index contributed by atoms with van der Waals surface area (Å²) in [7, 11) is 0. The summed E-state index contributed by atoms with van der Waals surface area (Å²) in [6.45, 7) is 4.96. The molecule has 2 aromatic carbocycles. The Bertz CT molecular complexity index is 942. The Kier molecular flexibility index (Phi) is 5.81. The number of nitrogens with one attached hydrogen (secondary N) is 1. The molecule has 0 aliphatic rings. The van der Waals surface area contributed by atoms with E-state index in [2.05, 4.69) is 21.3 Å². The fraction of sp³-hybridized carbons (Fsp3) is 0.182. The summed E-state index contributed by atoms with van der Waals surface area (Å²) >= 11 is 0. The molecule has 0 saturated heterocycles. The Hall–Kier alpha value is -3.21. The zero-order valence-corrected chi connectivity index (χ0v) is 15.4. The van der Waals surface area contributed by atoms with Gasteiger partial charge in [-0.05, 0) is 43.7 Å². The van der Waals surface area contributed by atoms with Crippen molar-refractivity contribution < 1.29 is 9.18 Å². The van der Waals surface area contributed by atoms with E-state index in [0.717, 1.165) is 23.5 Å². The van der Waals surface area contributed by atoms with Gasteiger partial charge in [-0.3, -0.25) is 9.78 Å². The first-order chi connectivity index (χ1) is 13.1. The molecule has 0 spiro atoms. The van der Waals surface area contributed by atoms with Crippen LogP contribution in [0.25, 0.3) is 0 Å². The number of nitrogens with zero attached hydrogens (tertiary/aromatic N) is 2. The highest BCUT2D eigenvalue weighted by Gasteiger charge is 2.12. The van der Waals surface area contributed by atoms with Crippen molar-refractivity contribution in [1.29, 1.82) is 0 Å². The molecule has 27 heavy (non-hydrogen) atoms. The minimum absolute atomic E-state index is 0.130. The number of rotatable bonds is 6. The van der Waals surface area contributed by atoms with Crippen LogP contribution >= 0.6 is 0 Å². The van der Waals surface area contributed by atoms with Crippen LogP contribution in [-0.2, 0) is 6.54 Å². The Morgan fingerprint density at radius 3 is 2.63 bits per heavy atom. The molecule has 0 aliphatic carbocycles. The van der Waals surface area contributed by atoms with Crippen LogP contribution in [0.1, 0.15) is 28.4 Å². The number of pyridine rings is 1. The zero-order chi connectivity index (χ0) is 19.2. The molecule has 0 saturated carbocycles. The largest absolute Gasteiger partial charge is 0.348 e. The number of hydrogen-bond donors (Lipinski definition) is 1. The molecule has 0 bridgehead atoms. The summed E-state index contributed by atoms with van der Waals surface area (Å²) in [5.74, 6) is -0.617. The molecule has 4 nitrogen and oxygen atoms in total. The first-order valence-corrected chi connectivity index (χ1v) is 8.89. The Morgan fingerprint density at radius 2 is 1.89 bits per heavy atom. The molecule has 0 unspecified atom stereocenters. The van der Waals surface area contributed by atoms with E-state index >= 15 is 0 Å². The van der Waals surface area contributed by atoms with Crippen molar-refractivity contribution in [3.05, 3.63) is 89.5 Å². The van der Waals surface area contributed by atoms with Gasteiger partial charge in [-0.1, -0.05) is 30.3 Å². The van der Waals surface area contributed by atoms with E-state index in [-0.39, 0.29) is 18.3 Å². The van der Waals surface area contributed by atoms with E-state index in [1.807, 2.05) is 32.0 Å². The van der Waals surface area contributed by atoms with Crippen LogP contribution in [0.5, 0.6) is 0 Å². The molecule has 3 aromatic rings. The van der Waals surface area contributed by atoms with Crippen molar-refractivity contribution in [3.8, 4) is 0 Å². The first kappa shape index (κ1) is 18.6. The second kappa shape index (κ2) is 8.45. The van der Waals surface area contributed by atoms with Gasteiger partial charge in [0.25, 0.3) is 5.91 Å². The normalized spacial score (nSPS) is 10.5. The summed E-state index contributed by atoms with van der Waals surface area (Å²) in [5.41, 5.74) is 3.93. The summed E-state index contributed by atoms with van der Waals surface area (Å²) in [5, 5.41) is 2.75. The average molecular weight is 363 g/mol. The standard InChI is InChI=1S/C22H22FN3O/c1-3-26(19-9-6-7-16(2)11-19)20-12-18(13-24-15-20)22(27)25-14-17-8-4-5-10-21(17)23/h4-13,15H,3,14H2,1-2H3,(H,25,27). The average Bonchev–Trinajstić information content (AvgIpc) is 2.68. The Balaban J connectivity index is 1.78. The van der Waals surface area contributed by atoms with Crippen molar-refractivity contribution in [1.82, 2.24) is 10.3 Å². The number of carbonyl (C=O) groups excluding carboxylic acids is 1. The molecule has 0 atom stereocenters. The predicted octanol–water partition coefficient (Wildman–Crippen LogP) is 4.62. The Labute approximate surface area is 158 Å². The molecular formula is C22H22FN3O. The van der Waals surface area contributed by atoms with Crippen molar-refractivity contribution in [2.75, 3.05) is 11.4 Å². The SMILES string of the molecule is CCN(c1cccc(C)c1)c1cncc(C(=O)NCc2ccccc2F)c1. The molecule has 3 rings (SSSR count). The van der Waals surface area contributed by atoms with E-state index in [9.17, 15) is 9.18 Å². The van der Waals surface area contributed by atoms with Gasteiger partial charge in [-0.25, -0.2) is 4.39 Å². The van der Waals surface area contributed by atoms with Gasteiger partial charge in [-0.15, -0.1) is 0 Å². The second-order valence-electron chi connectivity index (χ2n) is 6.29. The van der Waals surface area contributed by atoms with Gasteiger partial charge in [0.15, 0.2) is 0 Å². The van der Waals surface area contributed by atoms with Crippen LogP contribution in [0.4, 0.5) is 15.8 Å². The molecule has 1 amide bonds. The van der Waals surface area contributed by atoms with Crippen LogP contribution in [0, 0.1) is 12.7 Å². The third-order valence-corrected chi connectivity index (χ3v) is 4.32. The van der Waals surface area contributed by atoms with E-state index in [1.54, 1.807) is 30.5 Å². The van der Waals surface area contributed by atoms with E-state index < -0.39 is 0 Å². The molecule has 138 valence electrons. The van der Waals surface area contributed by atoms with Crippen LogP contribution in [-0.4, -0.2) is 17.4 Å². The zero-order valence-electron chi connectivity index (χ0n) is 15.4. The third-order valence-electron chi connectivity index (χ3n) is 4.32. The molecule has 0 aliphatic heterocycles. The molecule has 0 fully saturated rings. The van der Waals surface area contributed by atoms with Crippen molar-refractivity contribution >= 4 is 17.3 Å². The lowest BCUT2D eigenvalue weighted by molar-refractivity contribution is 0.0950. The van der Waals surface area contributed by atoms with E-state index in [1.165, 1.54) is 12.3 Å². The highest BCUT2D eigenvalue weighted by molar-refractivity contribution is 5.94. The lowest BCUT2D eigenvalue weighted by Gasteiger charge is -2.23. The van der Waals surface area contributed by atoms with Crippen molar-refractivity contribution in [2.24, 2.45) is 0 Å². The third kappa shape index (κ3) is 4.50. The highest BCUT2D eigenvalue weighted by Crippen LogP contribution is 2.25. The molecule has 1 N–H and O–H groups in total. The van der Waals surface area contributed by atoms with Gasteiger partial charge in [0, 0.05) is 30.5 Å². The molecule has 0 radical (unpaired) electrons. The van der Waals surface area contributed by atoms with Crippen LogP contribution < -0.4 is 10.2 Å². The fourth-order valence-corrected chi connectivity index (χ4v) is 2.93. The van der Waals surface area contributed by atoms with E-state index in [0.29, 0.717) is 11.1 Å². The van der Waals surface area contributed by atoms with Gasteiger partial charge < -0.3 is 10.2 Å². The van der Waals surface area contributed by atoms with Crippen LogP contribution in [0.2, 0.25) is 0 Å². The quantitative estimate of drug-likeness (QED) is 0.695. The van der Waals surface area contributed by atoms with Gasteiger partial charge in [-0.2, -0.15) is 0 Å². The Morgan fingerprint density at radius 1 is 1.07 bits per heavy atom. The van der Waals surface area contributed by atoms with Gasteiger partial charge in [0.2, 0.25) is 0 Å². The maximum Gasteiger partial charge on any atom is 0.253 e. The lowest BCUT2D eigenvalue weighted by atomic mass is 10.1. The first-order valence-electron chi connectivity index (χ1n) is 8.89. The number of aryl methyl sites for hydroxylation is 1. The minimum Gasteiger partial charge on any atom is -0.348 e. The van der Waals surface area contributed by atoms with Gasteiger partial charge in [0.05, 0.1) is 17.4 Å². The van der Waals surface area contributed by atoms with Crippen LogP contribution in [0.3, 0.4) is 0 Å². The number of aromatic nitrogens is 1. The van der Waals surface area contributed by atoms with Crippen LogP contribution in [0.15, 0.2) is 67.0 Å². The number of halogens is 1. The summed E-state index contributed by atoms with van der Waals surface area (Å²) in [6.07, 6.45) is 3.25. The minimum atomic E-state index is -0.332. The smallest absolute Gasteiger partial charge is 0.253 e. The maximum absolute atomic E-state index is 13.7. The molecular weight excluding hydrogens is 341 g/mol. The predicted molar refractivity (Wildman–Crippen MR) is 106 cm³/mol. The number of carbonyl (C=O) groups is 1. The molecule has 5 heteroatoms. The fourth-order valence-electron chi connectivity index (χ4n) is 2.93. The number of benzene rings is 2. The van der Waals surface area contributed by atoms with E-state index in [4.69, 9.17) is 0 Å². The summed E-state index contributed by atoms with van der Waals surface area (Å²) in [6, 6.07) is 16.4. The molecule has 1 heterocycles. The monoisotopic (exact) mass is 363 g/mol. The molecule has 1 aromatic heterocycles. The topological polar surface area (TPSA) is 45.2 Å². The number of hydrogen-bond acceptors (Lipinski definition) is 3. The maximum atomic E-state index is 13.7. The summed E-state index contributed by atoms with van der Waals surface area (Å²) in [4.78, 5) is 18.8. The second-order valence-corrected chi connectivity index (χ2v) is 6.29. The van der Waals surface area contributed by atoms with Crippen molar-refractivity contribution in [2.45, 2.75) is 20.4 Å².